The third kappa shape index (κ3) is 2.84. The molecule has 0 unspecified atom stereocenters. The monoisotopic (exact) mass is 181 g/mol. The zero-order chi connectivity index (χ0) is 9.90. The number of hydrogen-bond donors (Lipinski definition) is 1. The van der Waals surface area contributed by atoms with E-state index in [9.17, 15) is 0 Å². The quantitative estimate of drug-likeness (QED) is 0.761. The molecule has 1 aromatic heterocycles. The Hall–Kier alpha value is -0.830. The largest absolute Gasteiger partial charge is 0.338 e. The van der Waals surface area contributed by atoms with Gasteiger partial charge in [-0.25, -0.2) is 4.98 Å². The van der Waals surface area contributed by atoms with Crippen LogP contribution >= 0.6 is 0 Å². The van der Waals surface area contributed by atoms with Crippen molar-refractivity contribution in [2.75, 3.05) is 6.54 Å². The molecule has 0 amide bonds. The Morgan fingerprint density at radius 3 is 2.69 bits per heavy atom. The fourth-order valence-corrected chi connectivity index (χ4v) is 1.47. The molecule has 0 aromatic carbocycles. The Labute approximate surface area is 80.0 Å². The maximum atomic E-state index is 5.55. The van der Waals surface area contributed by atoms with Crippen molar-refractivity contribution in [3.8, 4) is 0 Å². The number of aryl methyl sites for hydroxylation is 1. The molecule has 0 aliphatic heterocycles. The van der Waals surface area contributed by atoms with Gasteiger partial charge < -0.3 is 10.3 Å². The summed E-state index contributed by atoms with van der Waals surface area (Å²) in [6, 6.07) is 0. The molecule has 13 heavy (non-hydrogen) atoms. The van der Waals surface area contributed by atoms with Crippen LogP contribution in [0.4, 0.5) is 0 Å². The number of rotatable bonds is 4. The van der Waals surface area contributed by atoms with Gasteiger partial charge in [0.1, 0.15) is 5.82 Å². The van der Waals surface area contributed by atoms with E-state index >= 15 is 0 Å². The molecule has 1 rings (SSSR count). The van der Waals surface area contributed by atoms with E-state index < -0.39 is 0 Å². The number of nitrogens with zero attached hydrogens (tertiary/aromatic N) is 2. The topological polar surface area (TPSA) is 43.8 Å². The SMILES string of the molecule is Cn1ccnc1CC(C)(C)CCN. The lowest BCUT2D eigenvalue weighted by Crippen LogP contribution is -2.21. The minimum atomic E-state index is 0.258. The van der Waals surface area contributed by atoms with Gasteiger partial charge in [0.25, 0.3) is 0 Å². The molecule has 0 aliphatic rings. The zero-order valence-electron chi connectivity index (χ0n) is 8.75. The summed E-state index contributed by atoms with van der Waals surface area (Å²) in [6.07, 6.45) is 5.86. The number of nitrogens with two attached hydrogens (primary N) is 1. The highest BCUT2D eigenvalue weighted by Gasteiger charge is 2.19. The van der Waals surface area contributed by atoms with Crippen molar-refractivity contribution in [3.63, 3.8) is 0 Å². The van der Waals surface area contributed by atoms with E-state index in [1.165, 1.54) is 0 Å². The van der Waals surface area contributed by atoms with E-state index in [-0.39, 0.29) is 5.41 Å². The van der Waals surface area contributed by atoms with Crippen LogP contribution in [0.1, 0.15) is 26.1 Å². The van der Waals surface area contributed by atoms with Crippen LogP contribution in [0.3, 0.4) is 0 Å². The summed E-state index contributed by atoms with van der Waals surface area (Å²) in [5, 5.41) is 0. The highest BCUT2D eigenvalue weighted by atomic mass is 15.0. The molecule has 1 heterocycles. The van der Waals surface area contributed by atoms with Crippen molar-refractivity contribution < 1.29 is 0 Å². The third-order valence-corrected chi connectivity index (χ3v) is 2.38. The Morgan fingerprint density at radius 2 is 2.23 bits per heavy atom. The zero-order valence-corrected chi connectivity index (χ0v) is 8.75. The Morgan fingerprint density at radius 1 is 1.54 bits per heavy atom. The number of imidazole rings is 1. The second-order valence-corrected chi connectivity index (χ2v) is 4.33. The van der Waals surface area contributed by atoms with Crippen molar-refractivity contribution in [1.82, 2.24) is 9.55 Å². The van der Waals surface area contributed by atoms with Crippen molar-refractivity contribution in [2.45, 2.75) is 26.7 Å². The third-order valence-electron chi connectivity index (χ3n) is 2.38. The molecule has 2 N–H and O–H groups in total. The maximum absolute atomic E-state index is 5.55. The lowest BCUT2D eigenvalue weighted by Gasteiger charge is -2.23. The number of hydrogen-bond acceptors (Lipinski definition) is 2. The lowest BCUT2D eigenvalue weighted by atomic mass is 9.85. The minimum absolute atomic E-state index is 0.258. The Bertz CT molecular complexity index is 263. The molecule has 0 fully saturated rings. The van der Waals surface area contributed by atoms with Gasteiger partial charge in [0.15, 0.2) is 0 Å². The molecule has 0 bridgehead atoms. The Balaban J connectivity index is 2.63. The van der Waals surface area contributed by atoms with Gasteiger partial charge in [0, 0.05) is 25.9 Å². The van der Waals surface area contributed by atoms with Crippen LogP contribution in [0.5, 0.6) is 0 Å². The summed E-state index contributed by atoms with van der Waals surface area (Å²) < 4.78 is 2.07. The van der Waals surface area contributed by atoms with Crippen molar-refractivity contribution >= 4 is 0 Å². The maximum Gasteiger partial charge on any atom is 0.108 e. The van der Waals surface area contributed by atoms with Crippen LogP contribution in [-0.4, -0.2) is 16.1 Å². The van der Waals surface area contributed by atoms with E-state index in [0.29, 0.717) is 0 Å². The van der Waals surface area contributed by atoms with Crippen LogP contribution in [0, 0.1) is 5.41 Å². The first-order valence-corrected chi connectivity index (χ1v) is 4.71. The van der Waals surface area contributed by atoms with E-state index in [4.69, 9.17) is 5.73 Å². The van der Waals surface area contributed by atoms with Gasteiger partial charge in [0.2, 0.25) is 0 Å². The van der Waals surface area contributed by atoms with Gasteiger partial charge in [-0.05, 0) is 18.4 Å². The molecule has 3 heteroatoms. The van der Waals surface area contributed by atoms with Gasteiger partial charge in [-0.3, -0.25) is 0 Å². The molecular formula is C10H19N3. The molecular weight excluding hydrogens is 162 g/mol. The lowest BCUT2D eigenvalue weighted by molar-refractivity contribution is 0.328. The molecule has 3 nitrogen and oxygen atoms in total. The molecule has 0 spiro atoms. The molecule has 0 saturated carbocycles. The van der Waals surface area contributed by atoms with Gasteiger partial charge >= 0.3 is 0 Å². The first-order chi connectivity index (χ1) is 6.05. The number of aromatic nitrogens is 2. The van der Waals surface area contributed by atoms with Crippen molar-refractivity contribution in [2.24, 2.45) is 18.2 Å². The summed E-state index contributed by atoms with van der Waals surface area (Å²) >= 11 is 0. The molecule has 74 valence electrons. The fraction of sp³-hybridized carbons (Fsp3) is 0.700. The summed E-state index contributed by atoms with van der Waals surface area (Å²) in [5.41, 5.74) is 5.81. The second-order valence-electron chi connectivity index (χ2n) is 4.33. The van der Waals surface area contributed by atoms with Gasteiger partial charge in [-0.1, -0.05) is 13.8 Å². The highest BCUT2D eigenvalue weighted by molar-refractivity contribution is 4.95. The molecule has 1 aromatic rings. The van der Waals surface area contributed by atoms with Crippen molar-refractivity contribution in [1.29, 1.82) is 0 Å². The van der Waals surface area contributed by atoms with Crippen LogP contribution in [0.25, 0.3) is 0 Å². The van der Waals surface area contributed by atoms with Crippen LogP contribution in [-0.2, 0) is 13.5 Å². The summed E-state index contributed by atoms with van der Waals surface area (Å²) in [7, 11) is 2.03. The highest BCUT2D eigenvalue weighted by Crippen LogP contribution is 2.23. The summed E-state index contributed by atoms with van der Waals surface area (Å²) in [4.78, 5) is 4.31. The first-order valence-electron chi connectivity index (χ1n) is 4.71. The predicted octanol–water partition coefficient (Wildman–Crippen LogP) is 1.34. The predicted molar refractivity (Wildman–Crippen MR) is 54.4 cm³/mol. The molecule has 0 radical (unpaired) electrons. The van der Waals surface area contributed by atoms with E-state index in [2.05, 4.69) is 23.4 Å². The second kappa shape index (κ2) is 3.92. The van der Waals surface area contributed by atoms with E-state index in [1.54, 1.807) is 0 Å². The molecule has 0 atom stereocenters. The van der Waals surface area contributed by atoms with E-state index in [0.717, 1.165) is 25.2 Å². The molecule has 0 aliphatic carbocycles. The van der Waals surface area contributed by atoms with E-state index in [1.807, 2.05) is 19.4 Å². The fourth-order valence-electron chi connectivity index (χ4n) is 1.47. The normalized spacial score (nSPS) is 12.0. The first kappa shape index (κ1) is 10.3. The van der Waals surface area contributed by atoms with Crippen LogP contribution in [0.15, 0.2) is 12.4 Å². The summed E-state index contributed by atoms with van der Waals surface area (Å²) in [6.45, 7) is 5.21. The standard InChI is InChI=1S/C10H19N3/c1-10(2,4-5-11)8-9-12-6-7-13(9)3/h6-7H,4-5,8,11H2,1-3H3. The van der Waals surface area contributed by atoms with Gasteiger partial charge in [-0.2, -0.15) is 0 Å². The van der Waals surface area contributed by atoms with Gasteiger partial charge in [0.05, 0.1) is 0 Å². The van der Waals surface area contributed by atoms with Crippen molar-refractivity contribution in [3.05, 3.63) is 18.2 Å². The average Bonchev–Trinajstić information content (AvgIpc) is 2.35. The van der Waals surface area contributed by atoms with Crippen LogP contribution in [0.2, 0.25) is 0 Å². The average molecular weight is 181 g/mol. The van der Waals surface area contributed by atoms with Gasteiger partial charge in [-0.15, -0.1) is 0 Å². The molecule has 0 saturated heterocycles. The Kier molecular flexibility index (Phi) is 3.09. The minimum Gasteiger partial charge on any atom is -0.338 e. The smallest absolute Gasteiger partial charge is 0.108 e. The van der Waals surface area contributed by atoms with Crippen LogP contribution < -0.4 is 5.73 Å². The summed E-state index contributed by atoms with van der Waals surface area (Å²) in [5.74, 6) is 1.14.